The highest BCUT2D eigenvalue weighted by Crippen LogP contribution is 2.31. The first kappa shape index (κ1) is 32.5. The highest BCUT2D eigenvalue weighted by molar-refractivity contribution is 7.98. The Morgan fingerprint density at radius 2 is 1.61 bits per heavy atom. The minimum Gasteiger partial charge on any atom is -0.381 e. The molecule has 0 spiro atoms. The molecule has 8 nitrogen and oxygen atoms in total. The average molecular weight is 621 g/mol. The number of nitrogens with one attached hydrogen (secondary N) is 3. The van der Waals surface area contributed by atoms with E-state index in [0.29, 0.717) is 37.3 Å². The van der Waals surface area contributed by atoms with Crippen LogP contribution in [0.1, 0.15) is 67.3 Å². The third-order valence-corrected chi connectivity index (χ3v) is 10.4. The number of likely N-dealkylation sites (tertiary alicyclic amines) is 1. The number of hydrogen-bond donors (Lipinski definition) is 3. The van der Waals surface area contributed by atoms with Gasteiger partial charge in [0.25, 0.3) is 5.91 Å². The number of carbonyl (C=O) groups excluding carboxylic acids is 3. The molecule has 2 saturated heterocycles. The lowest BCUT2D eigenvalue weighted by Gasteiger charge is -2.35. The normalized spacial score (nSPS) is 20.1. The van der Waals surface area contributed by atoms with Crippen LogP contribution in [0.5, 0.6) is 0 Å². The molecular formula is C35H48N4O4S. The number of amides is 3. The predicted molar refractivity (Wildman–Crippen MR) is 175 cm³/mol. The minimum atomic E-state index is -1.03. The van der Waals surface area contributed by atoms with Crippen molar-refractivity contribution in [2.45, 2.75) is 74.3 Å². The third kappa shape index (κ3) is 8.86. The molecule has 238 valence electrons. The Kier molecular flexibility index (Phi) is 11.8. The van der Waals surface area contributed by atoms with Crippen molar-refractivity contribution >= 4 is 29.5 Å². The van der Waals surface area contributed by atoms with Crippen molar-refractivity contribution in [2.75, 3.05) is 45.6 Å². The average Bonchev–Trinajstić information content (AvgIpc) is 3.54. The van der Waals surface area contributed by atoms with E-state index in [2.05, 4.69) is 20.9 Å². The third-order valence-electron chi connectivity index (χ3n) is 9.63. The van der Waals surface area contributed by atoms with E-state index >= 15 is 0 Å². The molecule has 0 unspecified atom stereocenters. The fourth-order valence-electron chi connectivity index (χ4n) is 6.81. The molecule has 3 N–H and O–H groups in total. The summed E-state index contributed by atoms with van der Waals surface area (Å²) in [5.41, 5.74) is 0.480. The monoisotopic (exact) mass is 620 g/mol. The van der Waals surface area contributed by atoms with Crippen LogP contribution in [-0.4, -0.2) is 79.9 Å². The van der Waals surface area contributed by atoms with Crippen LogP contribution in [0.4, 0.5) is 0 Å². The van der Waals surface area contributed by atoms with E-state index in [1.54, 1.807) is 23.9 Å². The van der Waals surface area contributed by atoms with Crippen LogP contribution in [0.25, 0.3) is 0 Å². The van der Waals surface area contributed by atoms with Gasteiger partial charge in [0.15, 0.2) is 0 Å². The summed E-state index contributed by atoms with van der Waals surface area (Å²) < 4.78 is 5.51. The van der Waals surface area contributed by atoms with Gasteiger partial charge in [0, 0.05) is 43.2 Å². The van der Waals surface area contributed by atoms with Crippen LogP contribution in [-0.2, 0) is 20.7 Å². The van der Waals surface area contributed by atoms with E-state index in [4.69, 9.17) is 4.74 Å². The topological polar surface area (TPSA) is 99.8 Å². The second-order valence-electron chi connectivity index (χ2n) is 12.7. The molecule has 5 rings (SSSR count). The summed E-state index contributed by atoms with van der Waals surface area (Å²) in [6, 6.07) is 16.5. The zero-order chi connectivity index (χ0) is 30.8. The first-order valence-electron chi connectivity index (χ1n) is 16.3. The Balaban J connectivity index is 1.19. The van der Waals surface area contributed by atoms with Crippen LogP contribution < -0.4 is 16.0 Å². The molecule has 1 saturated carbocycles. The van der Waals surface area contributed by atoms with E-state index in [9.17, 15) is 14.4 Å². The summed E-state index contributed by atoms with van der Waals surface area (Å²) in [6.07, 6.45) is 9.62. The number of hydrogen-bond acceptors (Lipinski definition) is 6. The van der Waals surface area contributed by atoms with Gasteiger partial charge in [-0.15, -0.1) is 11.8 Å². The summed E-state index contributed by atoms with van der Waals surface area (Å²) in [4.78, 5) is 44.5. The molecule has 1 aliphatic carbocycles. The second-order valence-corrected chi connectivity index (χ2v) is 13.6. The zero-order valence-corrected chi connectivity index (χ0v) is 26.8. The van der Waals surface area contributed by atoms with Crippen molar-refractivity contribution in [1.29, 1.82) is 0 Å². The molecule has 2 heterocycles. The van der Waals surface area contributed by atoms with Gasteiger partial charge in [0.1, 0.15) is 11.6 Å². The van der Waals surface area contributed by atoms with Crippen molar-refractivity contribution in [2.24, 2.45) is 11.8 Å². The number of thioether (sulfide) groups is 1. The summed E-state index contributed by atoms with van der Waals surface area (Å²) in [7, 11) is 0. The van der Waals surface area contributed by atoms with E-state index < -0.39 is 11.6 Å². The maximum Gasteiger partial charge on any atom is 0.252 e. The maximum atomic E-state index is 13.9. The van der Waals surface area contributed by atoms with E-state index in [1.165, 1.54) is 0 Å². The van der Waals surface area contributed by atoms with Crippen molar-refractivity contribution in [1.82, 2.24) is 20.9 Å². The summed E-state index contributed by atoms with van der Waals surface area (Å²) >= 11 is 1.62. The Bertz CT molecular complexity index is 1220. The van der Waals surface area contributed by atoms with Crippen molar-refractivity contribution < 1.29 is 19.1 Å². The van der Waals surface area contributed by atoms with Gasteiger partial charge in [-0.2, -0.15) is 0 Å². The Morgan fingerprint density at radius 1 is 0.932 bits per heavy atom. The SMILES string of the molecule is CSc1ccc(C(=O)NC2(C(=O)N[C@H](Cc3ccccc3)C(=O)NCC3CCN(CC4CCOCC4)CC3)CCCC2)cc1. The number of nitrogens with zero attached hydrogens (tertiary/aromatic N) is 1. The van der Waals surface area contributed by atoms with Crippen LogP contribution in [0.3, 0.4) is 0 Å². The largest absolute Gasteiger partial charge is 0.381 e. The number of rotatable bonds is 12. The molecule has 0 aromatic heterocycles. The van der Waals surface area contributed by atoms with E-state index in [-0.39, 0.29) is 17.7 Å². The fraction of sp³-hybridized carbons (Fsp3) is 0.571. The van der Waals surface area contributed by atoms with Crippen LogP contribution in [0.15, 0.2) is 59.5 Å². The van der Waals surface area contributed by atoms with E-state index in [0.717, 1.165) is 87.7 Å². The maximum absolute atomic E-state index is 13.9. The highest BCUT2D eigenvalue weighted by Gasteiger charge is 2.44. The number of benzene rings is 2. The zero-order valence-electron chi connectivity index (χ0n) is 26.0. The fourth-order valence-corrected chi connectivity index (χ4v) is 7.22. The minimum absolute atomic E-state index is 0.168. The molecule has 44 heavy (non-hydrogen) atoms. The molecule has 0 radical (unpaired) electrons. The second kappa shape index (κ2) is 15.9. The quantitative estimate of drug-likeness (QED) is 0.304. The molecule has 2 aromatic rings. The lowest BCUT2D eigenvalue weighted by molar-refractivity contribution is -0.132. The Hall–Kier alpha value is -2.88. The summed E-state index contributed by atoms with van der Waals surface area (Å²) in [5.74, 6) is 0.453. The van der Waals surface area contributed by atoms with Gasteiger partial charge in [-0.25, -0.2) is 0 Å². The predicted octanol–water partition coefficient (Wildman–Crippen LogP) is 4.43. The van der Waals surface area contributed by atoms with Crippen molar-refractivity contribution in [3.63, 3.8) is 0 Å². The summed E-state index contributed by atoms with van der Waals surface area (Å²) in [5, 5.41) is 9.32. The molecule has 2 aromatic carbocycles. The van der Waals surface area contributed by atoms with Gasteiger partial charge in [-0.3, -0.25) is 14.4 Å². The van der Waals surface area contributed by atoms with Gasteiger partial charge in [0.2, 0.25) is 11.8 Å². The highest BCUT2D eigenvalue weighted by atomic mass is 32.2. The van der Waals surface area contributed by atoms with Gasteiger partial charge in [0.05, 0.1) is 0 Å². The molecule has 9 heteroatoms. The molecular weight excluding hydrogens is 572 g/mol. The summed E-state index contributed by atoms with van der Waals surface area (Å²) in [6.45, 7) is 5.64. The Labute approximate surface area is 266 Å². The van der Waals surface area contributed by atoms with Crippen molar-refractivity contribution in [3.8, 4) is 0 Å². The van der Waals surface area contributed by atoms with Gasteiger partial charge >= 0.3 is 0 Å². The van der Waals surface area contributed by atoms with Gasteiger partial charge in [-0.1, -0.05) is 43.2 Å². The van der Waals surface area contributed by atoms with Gasteiger partial charge < -0.3 is 25.6 Å². The van der Waals surface area contributed by atoms with Crippen LogP contribution in [0, 0.1) is 11.8 Å². The molecule has 3 fully saturated rings. The number of ether oxygens (including phenoxy) is 1. The first-order valence-corrected chi connectivity index (χ1v) is 17.6. The lowest BCUT2D eigenvalue weighted by Crippen LogP contribution is -2.61. The molecule has 0 bridgehead atoms. The lowest BCUT2D eigenvalue weighted by atomic mass is 9.93. The van der Waals surface area contributed by atoms with E-state index in [1.807, 2.05) is 48.7 Å². The molecule has 3 amide bonds. The van der Waals surface area contributed by atoms with Crippen LogP contribution >= 0.6 is 11.8 Å². The standard InChI is InChI=1S/C35H48N4O4S/c1-44-30-11-9-29(10-12-30)32(40)38-35(17-5-6-18-35)34(42)37-31(23-26-7-3-2-4-8-26)33(41)36-24-27-13-19-39(20-14-27)25-28-15-21-43-22-16-28/h2-4,7-12,27-28,31H,5-6,13-25H2,1H3,(H,36,41)(H,37,42)(H,38,40)/t31-/m1/s1. The number of piperidine rings is 1. The molecule has 2 aliphatic heterocycles. The Morgan fingerprint density at radius 3 is 2.27 bits per heavy atom. The smallest absolute Gasteiger partial charge is 0.252 e. The number of carbonyl (C=O) groups is 3. The molecule has 3 aliphatic rings. The first-order chi connectivity index (χ1) is 21.4. The van der Waals surface area contributed by atoms with Crippen LogP contribution in [0.2, 0.25) is 0 Å². The van der Waals surface area contributed by atoms with Gasteiger partial charge in [-0.05, 0) is 99.5 Å². The molecule has 1 atom stereocenters. The van der Waals surface area contributed by atoms with Crippen molar-refractivity contribution in [3.05, 3.63) is 65.7 Å².